The molecule has 0 saturated heterocycles. The molecule has 94 valence electrons. The number of aliphatic hydroxyl groups excluding tert-OH is 1. The molecule has 1 aromatic heterocycles. The number of benzene rings is 1. The number of para-hydroxylation sites is 1. The lowest BCUT2D eigenvalue weighted by Gasteiger charge is -2.08. The normalized spacial score (nSPS) is 16.8. The molecule has 3 rings (SSSR count). The van der Waals surface area contributed by atoms with E-state index in [9.17, 15) is 9.90 Å². The number of methoxy groups -OCH3 is 1. The molecule has 0 amide bonds. The molecule has 1 unspecified atom stereocenters. The number of carbonyl (C=O) groups is 1. The van der Waals surface area contributed by atoms with Gasteiger partial charge in [-0.2, -0.15) is 0 Å². The second-order valence-electron chi connectivity index (χ2n) is 4.45. The summed E-state index contributed by atoms with van der Waals surface area (Å²) in [4.78, 5) is 16.0. The highest BCUT2D eigenvalue weighted by atomic mass is 32.1. The van der Waals surface area contributed by atoms with Crippen LogP contribution in [0.1, 0.15) is 35.4 Å². The number of ether oxygens (including phenoxy) is 1. The lowest BCUT2D eigenvalue weighted by Crippen LogP contribution is -2.13. The Morgan fingerprint density at radius 2 is 2.33 bits per heavy atom. The van der Waals surface area contributed by atoms with Crippen molar-refractivity contribution in [3.63, 3.8) is 0 Å². The molecule has 4 nitrogen and oxygen atoms in total. The Hall–Kier alpha value is -1.46. The van der Waals surface area contributed by atoms with Crippen molar-refractivity contribution in [3.8, 4) is 0 Å². The quantitative estimate of drug-likeness (QED) is 0.864. The number of esters is 1. The molecule has 1 fully saturated rings. The minimum atomic E-state index is -1.26. The molecule has 1 N–H and O–H groups in total. The van der Waals surface area contributed by atoms with E-state index in [-0.39, 0.29) is 0 Å². The lowest BCUT2D eigenvalue weighted by molar-refractivity contribution is -0.150. The molecule has 1 aliphatic rings. The smallest absolute Gasteiger partial charge is 0.339 e. The molecule has 0 spiro atoms. The van der Waals surface area contributed by atoms with Crippen LogP contribution in [-0.2, 0) is 9.53 Å². The van der Waals surface area contributed by atoms with E-state index in [1.165, 1.54) is 20.0 Å². The first-order valence-corrected chi connectivity index (χ1v) is 6.67. The number of aliphatic hydroxyl groups is 1. The van der Waals surface area contributed by atoms with Crippen LogP contribution in [0.2, 0.25) is 0 Å². The number of hydrogen-bond acceptors (Lipinski definition) is 5. The molecule has 5 heteroatoms. The summed E-state index contributed by atoms with van der Waals surface area (Å²) in [6.45, 7) is 0. The standard InChI is InChI=1S/C13H13NO3S/c1-17-13(16)11(15)8-3-2-4-9-10(8)14-12(18-9)7-5-6-7/h2-4,7,11,15H,5-6H2,1H3. The van der Waals surface area contributed by atoms with Crippen molar-refractivity contribution in [2.75, 3.05) is 7.11 Å². The topological polar surface area (TPSA) is 59.4 Å². The van der Waals surface area contributed by atoms with E-state index in [4.69, 9.17) is 0 Å². The molecule has 2 aromatic rings. The van der Waals surface area contributed by atoms with Crippen LogP contribution in [0.4, 0.5) is 0 Å². The molecular formula is C13H13NO3S. The second-order valence-corrected chi connectivity index (χ2v) is 5.51. The maximum absolute atomic E-state index is 11.4. The molecule has 0 bridgehead atoms. The predicted molar refractivity (Wildman–Crippen MR) is 68.6 cm³/mol. The number of hydrogen-bond donors (Lipinski definition) is 1. The number of nitrogens with zero attached hydrogens (tertiary/aromatic N) is 1. The molecule has 1 aliphatic carbocycles. The van der Waals surface area contributed by atoms with E-state index in [0.29, 0.717) is 11.5 Å². The molecule has 1 aromatic carbocycles. The van der Waals surface area contributed by atoms with Gasteiger partial charge in [-0.25, -0.2) is 9.78 Å². The highest BCUT2D eigenvalue weighted by molar-refractivity contribution is 7.18. The third-order valence-electron chi connectivity index (χ3n) is 3.11. The molecule has 1 atom stereocenters. The van der Waals surface area contributed by atoms with Gasteiger partial charge in [0.1, 0.15) is 0 Å². The maximum Gasteiger partial charge on any atom is 0.339 e. The van der Waals surface area contributed by atoms with Crippen LogP contribution >= 0.6 is 11.3 Å². The van der Waals surface area contributed by atoms with Gasteiger partial charge in [0.2, 0.25) is 0 Å². The third kappa shape index (κ3) is 1.89. The van der Waals surface area contributed by atoms with Gasteiger partial charge in [-0.3, -0.25) is 0 Å². The Kier molecular flexibility index (Phi) is 2.80. The van der Waals surface area contributed by atoms with Crippen LogP contribution in [-0.4, -0.2) is 23.2 Å². The zero-order chi connectivity index (χ0) is 12.7. The van der Waals surface area contributed by atoms with Gasteiger partial charge in [0.05, 0.1) is 22.3 Å². The molecule has 1 saturated carbocycles. The summed E-state index contributed by atoms with van der Waals surface area (Å²) in [6, 6.07) is 5.52. The Labute approximate surface area is 108 Å². The summed E-state index contributed by atoms with van der Waals surface area (Å²) in [7, 11) is 1.27. The molecule has 0 radical (unpaired) electrons. The van der Waals surface area contributed by atoms with Gasteiger partial charge in [0.15, 0.2) is 6.10 Å². The van der Waals surface area contributed by atoms with Crippen molar-refractivity contribution < 1.29 is 14.6 Å². The van der Waals surface area contributed by atoms with Crippen molar-refractivity contribution in [1.82, 2.24) is 4.98 Å². The van der Waals surface area contributed by atoms with E-state index >= 15 is 0 Å². The Balaban J connectivity index is 2.07. The number of aromatic nitrogens is 1. The monoisotopic (exact) mass is 263 g/mol. The zero-order valence-electron chi connectivity index (χ0n) is 9.92. The maximum atomic E-state index is 11.4. The van der Waals surface area contributed by atoms with E-state index in [1.807, 2.05) is 12.1 Å². The van der Waals surface area contributed by atoms with Gasteiger partial charge in [0.25, 0.3) is 0 Å². The summed E-state index contributed by atoms with van der Waals surface area (Å²) in [5.41, 5.74) is 1.25. The van der Waals surface area contributed by atoms with Gasteiger partial charge in [0, 0.05) is 11.5 Å². The van der Waals surface area contributed by atoms with Crippen LogP contribution in [0, 0.1) is 0 Å². The predicted octanol–water partition coefficient (Wildman–Crippen LogP) is 2.38. The summed E-state index contributed by atoms with van der Waals surface area (Å²) >= 11 is 1.64. The van der Waals surface area contributed by atoms with Crippen LogP contribution in [0.3, 0.4) is 0 Å². The largest absolute Gasteiger partial charge is 0.467 e. The van der Waals surface area contributed by atoms with Crippen molar-refractivity contribution >= 4 is 27.5 Å². The van der Waals surface area contributed by atoms with Crippen LogP contribution in [0.15, 0.2) is 18.2 Å². The number of fused-ring (bicyclic) bond motifs is 1. The average Bonchev–Trinajstić information content (AvgIpc) is 3.15. The van der Waals surface area contributed by atoms with E-state index in [0.717, 1.165) is 15.2 Å². The van der Waals surface area contributed by atoms with Crippen LogP contribution in [0.25, 0.3) is 10.2 Å². The van der Waals surface area contributed by atoms with Gasteiger partial charge >= 0.3 is 5.97 Å². The SMILES string of the molecule is COC(=O)C(O)c1cccc2sc(C3CC3)nc12. The van der Waals surface area contributed by atoms with Gasteiger partial charge in [-0.05, 0) is 18.9 Å². The van der Waals surface area contributed by atoms with E-state index in [1.54, 1.807) is 17.4 Å². The molecular weight excluding hydrogens is 250 g/mol. The minimum absolute atomic E-state index is 0.530. The fourth-order valence-electron chi connectivity index (χ4n) is 1.95. The van der Waals surface area contributed by atoms with Gasteiger partial charge < -0.3 is 9.84 Å². The van der Waals surface area contributed by atoms with Gasteiger partial charge in [-0.1, -0.05) is 12.1 Å². The first kappa shape index (κ1) is 11.6. The Morgan fingerprint density at radius 3 is 3.00 bits per heavy atom. The number of thiazole rings is 1. The van der Waals surface area contributed by atoms with Crippen molar-refractivity contribution in [1.29, 1.82) is 0 Å². The summed E-state index contributed by atoms with van der Waals surface area (Å²) in [5.74, 6) is -0.0750. The minimum Gasteiger partial charge on any atom is -0.467 e. The fraction of sp³-hybridized carbons (Fsp3) is 0.385. The Bertz CT molecular complexity index is 603. The summed E-state index contributed by atoms with van der Waals surface area (Å²) in [6.07, 6.45) is 1.12. The first-order valence-electron chi connectivity index (χ1n) is 5.86. The van der Waals surface area contributed by atoms with Crippen molar-refractivity contribution in [2.45, 2.75) is 24.9 Å². The molecule has 0 aliphatic heterocycles. The van der Waals surface area contributed by atoms with E-state index in [2.05, 4.69) is 9.72 Å². The number of rotatable bonds is 3. The lowest BCUT2D eigenvalue weighted by atomic mass is 10.1. The van der Waals surface area contributed by atoms with Crippen molar-refractivity contribution in [3.05, 3.63) is 28.8 Å². The molecule has 18 heavy (non-hydrogen) atoms. The first-order chi connectivity index (χ1) is 8.70. The summed E-state index contributed by atoms with van der Waals surface area (Å²) in [5, 5.41) is 11.0. The average molecular weight is 263 g/mol. The van der Waals surface area contributed by atoms with E-state index < -0.39 is 12.1 Å². The zero-order valence-corrected chi connectivity index (χ0v) is 10.7. The fourth-order valence-corrected chi connectivity index (χ4v) is 3.12. The highest BCUT2D eigenvalue weighted by Gasteiger charge is 2.28. The van der Waals surface area contributed by atoms with Crippen LogP contribution < -0.4 is 0 Å². The van der Waals surface area contributed by atoms with Gasteiger partial charge in [-0.15, -0.1) is 11.3 Å². The number of carbonyl (C=O) groups excluding carboxylic acids is 1. The Morgan fingerprint density at radius 1 is 1.56 bits per heavy atom. The highest BCUT2D eigenvalue weighted by Crippen LogP contribution is 2.44. The second kappa shape index (κ2) is 4.33. The molecule has 1 heterocycles. The van der Waals surface area contributed by atoms with Crippen LogP contribution in [0.5, 0.6) is 0 Å². The third-order valence-corrected chi connectivity index (χ3v) is 4.30. The van der Waals surface area contributed by atoms with Crippen molar-refractivity contribution in [2.24, 2.45) is 0 Å². The summed E-state index contributed by atoms with van der Waals surface area (Å²) < 4.78 is 5.58.